The standard InChI is InChI=1S/C6H6BrNO4S/c7-5-3-4(1-2-6(5)9)12-13(8,10)11/h1-3,9H,(H2,8,10,11). The molecule has 13 heavy (non-hydrogen) atoms. The topological polar surface area (TPSA) is 89.6 Å². The lowest BCUT2D eigenvalue weighted by atomic mass is 10.3. The highest BCUT2D eigenvalue weighted by Crippen LogP contribution is 2.28. The number of aromatic hydroxyl groups is 1. The van der Waals surface area contributed by atoms with Gasteiger partial charge in [-0.25, -0.2) is 0 Å². The van der Waals surface area contributed by atoms with Gasteiger partial charge in [0.15, 0.2) is 0 Å². The number of halogens is 1. The maximum atomic E-state index is 10.5. The van der Waals surface area contributed by atoms with Gasteiger partial charge in [0.25, 0.3) is 0 Å². The van der Waals surface area contributed by atoms with E-state index in [9.17, 15) is 8.42 Å². The summed E-state index contributed by atoms with van der Waals surface area (Å²) < 4.78 is 25.6. The molecule has 5 nitrogen and oxygen atoms in total. The van der Waals surface area contributed by atoms with Crippen molar-refractivity contribution in [2.24, 2.45) is 5.14 Å². The van der Waals surface area contributed by atoms with Gasteiger partial charge in [-0.1, -0.05) is 0 Å². The molecule has 0 amide bonds. The third-order valence-corrected chi connectivity index (χ3v) is 2.19. The molecule has 0 unspecified atom stereocenters. The summed E-state index contributed by atoms with van der Waals surface area (Å²) in [6.45, 7) is 0. The first-order valence-electron chi connectivity index (χ1n) is 3.09. The van der Waals surface area contributed by atoms with Crippen LogP contribution in [-0.2, 0) is 10.3 Å². The molecule has 0 saturated carbocycles. The predicted octanol–water partition coefficient (Wildman–Crippen LogP) is 0.737. The van der Waals surface area contributed by atoms with E-state index < -0.39 is 10.3 Å². The van der Waals surface area contributed by atoms with Gasteiger partial charge < -0.3 is 9.29 Å². The van der Waals surface area contributed by atoms with Crippen molar-refractivity contribution in [3.8, 4) is 11.5 Å². The van der Waals surface area contributed by atoms with Gasteiger partial charge in [-0.2, -0.15) is 13.6 Å². The van der Waals surface area contributed by atoms with Crippen LogP contribution in [0.2, 0.25) is 0 Å². The Morgan fingerprint density at radius 2 is 2.08 bits per heavy atom. The van der Waals surface area contributed by atoms with Crippen LogP contribution in [-0.4, -0.2) is 13.5 Å². The molecule has 0 saturated heterocycles. The van der Waals surface area contributed by atoms with Gasteiger partial charge in [-0.05, 0) is 34.1 Å². The quantitative estimate of drug-likeness (QED) is 0.827. The van der Waals surface area contributed by atoms with Crippen molar-refractivity contribution in [1.29, 1.82) is 0 Å². The molecule has 72 valence electrons. The Bertz CT molecular complexity index is 417. The van der Waals surface area contributed by atoms with Gasteiger partial charge in [0, 0.05) is 0 Å². The van der Waals surface area contributed by atoms with Crippen molar-refractivity contribution in [2.45, 2.75) is 0 Å². The van der Waals surface area contributed by atoms with Gasteiger partial charge in [0.05, 0.1) is 4.47 Å². The molecular weight excluding hydrogens is 262 g/mol. The van der Waals surface area contributed by atoms with Crippen LogP contribution in [0.15, 0.2) is 22.7 Å². The van der Waals surface area contributed by atoms with Crippen molar-refractivity contribution >= 4 is 26.2 Å². The lowest BCUT2D eigenvalue weighted by molar-refractivity contribution is 0.466. The first kappa shape index (κ1) is 10.3. The summed E-state index contributed by atoms with van der Waals surface area (Å²) in [5, 5.41) is 13.7. The largest absolute Gasteiger partial charge is 0.507 e. The van der Waals surface area contributed by atoms with Gasteiger partial charge >= 0.3 is 10.3 Å². The second-order valence-corrected chi connectivity index (χ2v) is 4.20. The first-order valence-corrected chi connectivity index (χ1v) is 5.35. The van der Waals surface area contributed by atoms with Crippen LogP contribution < -0.4 is 9.32 Å². The van der Waals surface area contributed by atoms with E-state index >= 15 is 0 Å². The summed E-state index contributed by atoms with van der Waals surface area (Å²) in [5.74, 6) is 0.0222. The molecule has 1 aromatic rings. The molecule has 0 atom stereocenters. The van der Waals surface area contributed by atoms with Crippen molar-refractivity contribution in [2.75, 3.05) is 0 Å². The molecule has 0 aliphatic carbocycles. The van der Waals surface area contributed by atoms with Crippen LogP contribution in [0.5, 0.6) is 11.5 Å². The summed E-state index contributed by atoms with van der Waals surface area (Å²) in [4.78, 5) is 0. The molecule has 0 fully saturated rings. The summed E-state index contributed by atoms with van der Waals surface area (Å²) in [5.41, 5.74) is 0. The average molecular weight is 268 g/mol. The Labute approximate surface area is 83.5 Å². The normalized spacial score (nSPS) is 11.2. The summed E-state index contributed by atoms with van der Waals surface area (Å²) >= 11 is 2.99. The van der Waals surface area contributed by atoms with E-state index in [0.717, 1.165) is 0 Å². The summed E-state index contributed by atoms with van der Waals surface area (Å²) in [6, 6.07) is 3.86. The van der Waals surface area contributed by atoms with Crippen LogP contribution in [0, 0.1) is 0 Å². The zero-order chi connectivity index (χ0) is 10.1. The fourth-order valence-electron chi connectivity index (χ4n) is 0.674. The number of nitrogens with two attached hydrogens (primary N) is 1. The van der Waals surface area contributed by atoms with E-state index in [-0.39, 0.29) is 11.5 Å². The maximum absolute atomic E-state index is 10.5. The number of rotatable bonds is 2. The number of phenols is 1. The minimum atomic E-state index is -4.01. The second kappa shape index (κ2) is 3.52. The van der Waals surface area contributed by atoms with E-state index in [1.54, 1.807) is 0 Å². The Morgan fingerprint density at radius 3 is 2.54 bits per heavy atom. The smallest absolute Gasteiger partial charge is 0.380 e. The van der Waals surface area contributed by atoms with Gasteiger partial charge in [-0.3, -0.25) is 0 Å². The lowest BCUT2D eigenvalue weighted by Gasteiger charge is -2.03. The minimum absolute atomic E-state index is 0.0123. The zero-order valence-corrected chi connectivity index (χ0v) is 8.67. The monoisotopic (exact) mass is 267 g/mol. The van der Waals surface area contributed by atoms with E-state index in [2.05, 4.69) is 25.3 Å². The van der Waals surface area contributed by atoms with Crippen LogP contribution in [0.1, 0.15) is 0 Å². The van der Waals surface area contributed by atoms with Crippen LogP contribution >= 0.6 is 15.9 Å². The zero-order valence-electron chi connectivity index (χ0n) is 6.27. The molecule has 3 N–H and O–H groups in total. The van der Waals surface area contributed by atoms with Gasteiger partial charge in [0.2, 0.25) is 0 Å². The van der Waals surface area contributed by atoms with E-state index in [4.69, 9.17) is 5.11 Å². The van der Waals surface area contributed by atoms with Crippen molar-refractivity contribution in [1.82, 2.24) is 0 Å². The highest BCUT2D eigenvalue weighted by molar-refractivity contribution is 9.10. The molecule has 0 aliphatic rings. The molecule has 0 aromatic heterocycles. The summed E-state index contributed by atoms with van der Waals surface area (Å²) in [7, 11) is -4.01. The number of phenolic OH excluding ortho intramolecular Hbond substituents is 1. The van der Waals surface area contributed by atoms with Crippen molar-refractivity contribution in [3.05, 3.63) is 22.7 Å². The third kappa shape index (κ3) is 3.21. The Morgan fingerprint density at radius 1 is 1.46 bits per heavy atom. The molecular formula is C6H6BrNO4S. The van der Waals surface area contributed by atoms with Crippen molar-refractivity contribution in [3.63, 3.8) is 0 Å². The number of hydrogen-bond acceptors (Lipinski definition) is 4. The number of benzene rings is 1. The Hall–Kier alpha value is -0.790. The second-order valence-electron chi connectivity index (χ2n) is 2.19. The predicted molar refractivity (Wildman–Crippen MR) is 49.5 cm³/mol. The van der Waals surface area contributed by atoms with E-state index in [1.807, 2.05) is 0 Å². The van der Waals surface area contributed by atoms with Gasteiger partial charge in [0.1, 0.15) is 11.5 Å². The van der Waals surface area contributed by atoms with Crippen molar-refractivity contribution < 1.29 is 17.7 Å². The van der Waals surface area contributed by atoms with E-state index in [1.165, 1.54) is 18.2 Å². The first-order chi connectivity index (χ1) is 5.88. The highest BCUT2D eigenvalue weighted by atomic mass is 79.9. The van der Waals surface area contributed by atoms with Crippen LogP contribution in [0.25, 0.3) is 0 Å². The highest BCUT2D eigenvalue weighted by Gasteiger charge is 2.06. The summed E-state index contributed by atoms with van der Waals surface area (Å²) in [6.07, 6.45) is 0. The maximum Gasteiger partial charge on any atom is 0.380 e. The molecule has 7 heteroatoms. The Balaban J connectivity index is 2.99. The fraction of sp³-hybridized carbons (Fsp3) is 0. The molecule has 0 radical (unpaired) electrons. The molecule has 0 heterocycles. The molecule has 0 bridgehead atoms. The molecule has 1 rings (SSSR count). The Kier molecular flexibility index (Phi) is 2.79. The lowest BCUT2D eigenvalue weighted by Crippen LogP contribution is -2.18. The number of hydrogen-bond donors (Lipinski definition) is 2. The minimum Gasteiger partial charge on any atom is -0.507 e. The van der Waals surface area contributed by atoms with Crippen LogP contribution in [0.4, 0.5) is 0 Å². The molecule has 0 spiro atoms. The average Bonchev–Trinajstić information content (AvgIpc) is 1.94. The third-order valence-electron chi connectivity index (χ3n) is 1.13. The molecule has 1 aromatic carbocycles. The SMILES string of the molecule is NS(=O)(=O)Oc1ccc(O)c(Br)c1. The van der Waals surface area contributed by atoms with Gasteiger partial charge in [-0.15, -0.1) is 0 Å². The fourth-order valence-corrected chi connectivity index (χ4v) is 1.40. The van der Waals surface area contributed by atoms with E-state index in [0.29, 0.717) is 4.47 Å². The van der Waals surface area contributed by atoms with Crippen LogP contribution in [0.3, 0.4) is 0 Å². The molecule has 0 aliphatic heterocycles.